The van der Waals surface area contributed by atoms with Crippen LogP contribution in [0.15, 0.2) is 38.6 Å². The first-order valence-electron chi connectivity index (χ1n) is 6.33. The molecular formula is C14H19BrN4S. The van der Waals surface area contributed by atoms with Gasteiger partial charge in [0.15, 0.2) is 5.96 Å². The quantitative estimate of drug-likeness (QED) is 0.675. The zero-order valence-corrected chi connectivity index (χ0v) is 14.3. The highest BCUT2D eigenvalue weighted by atomic mass is 79.9. The lowest BCUT2D eigenvalue weighted by atomic mass is 10.3. The van der Waals surface area contributed by atoms with E-state index in [1.165, 1.54) is 11.3 Å². The first-order chi connectivity index (χ1) is 9.60. The lowest BCUT2D eigenvalue weighted by Crippen LogP contribution is -2.38. The lowest BCUT2D eigenvalue weighted by Gasteiger charge is -2.22. The third kappa shape index (κ3) is 3.86. The molecule has 4 nitrogen and oxygen atoms in total. The standard InChI is InChI=1S/C14H19BrN4S/c1-16-14(17-7-11-4-5-20-10-11)19(3)9-13-6-12(15)8-18(13)2/h4-6,8,10H,7,9H2,1-3H3,(H,16,17). The summed E-state index contributed by atoms with van der Waals surface area (Å²) in [6, 6.07) is 4.25. The molecule has 2 heterocycles. The number of aryl methyl sites for hydroxylation is 1. The highest BCUT2D eigenvalue weighted by Gasteiger charge is 2.09. The van der Waals surface area contributed by atoms with Crippen molar-refractivity contribution in [3.05, 3.63) is 44.8 Å². The molecule has 0 aliphatic rings. The van der Waals surface area contributed by atoms with Gasteiger partial charge in [-0.3, -0.25) is 4.99 Å². The topological polar surface area (TPSA) is 32.6 Å². The summed E-state index contributed by atoms with van der Waals surface area (Å²) >= 11 is 5.21. The third-order valence-corrected chi connectivity index (χ3v) is 4.24. The van der Waals surface area contributed by atoms with Gasteiger partial charge < -0.3 is 14.8 Å². The number of guanidine groups is 1. The van der Waals surface area contributed by atoms with E-state index in [4.69, 9.17) is 0 Å². The van der Waals surface area contributed by atoms with E-state index >= 15 is 0 Å². The van der Waals surface area contributed by atoms with E-state index in [1.807, 2.05) is 14.1 Å². The van der Waals surface area contributed by atoms with Crippen LogP contribution in [0.5, 0.6) is 0 Å². The summed E-state index contributed by atoms with van der Waals surface area (Å²) < 4.78 is 3.22. The van der Waals surface area contributed by atoms with Gasteiger partial charge in [-0.1, -0.05) is 0 Å². The molecule has 6 heteroatoms. The van der Waals surface area contributed by atoms with Crippen molar-refractivity contribution < 1.29 is 0 Å². The Hall–Kier alpha value is -1.27. The van der Waals surface area contributed by atoms with E-state index in [9.17, 15) is 0 Å². The van der Waals surface area contributed by atoms with Gasteiger partial charge >= 0.3 is 0 Å². The Kier molecular flexibility index (Phi) is 5.25. The second-order valence-electron chi connectivity index (χ2n) is 4.65. The van der Waals surface area contributed by atoms with Gasteiger partial charge in [-0.15, -0.1) is 0 Å². The Balaban J connectivity index is 1.95. The molecule has 0 atom stereocenters. The molecule has 1 N–H and O–H groups in total. The van der Waals surface area contributed by atoms with Crippen molar-refractivity contribution in [1.29, 1.82) is 0 Å². The van der Waals surface area contributed by atoms with Crippen molar-refractivity contribution in [3.8, 4) is 0 Å². The number of thiophene rings is 1. The van der Waals surface area contributed by atoms with Gasteiger partial charge in [-0.25, -0.2) is 0 Å². The molecule has 2 aromatic rings. The van der Waals surface area contributed by atoms with Crippen LogP contribution in [0.1, 0.15) is 11.3 Å². The van der Waals surface area contributed by atoms with E-state index in [-0.39, 0.29) is 0 Å². The molecule has 0 aliphatic heterocycles. The molecule has 0 unspecified atom stereocenters. The minimum atomic E-state index is 0.803. The second-order valence-corrected chi connectivity index (χ2v) is 6.34. The van der Waals surface area contributed by atoms with Gasteiger partial charge in [0.25, 0.3) is 0 Å². The van der Waals surface area contributed by atoms with Crippen LogP contribution in [0.3, 0.4) is 0 Å². The fraction of sp³-hybridized carbons (Fsp3) is 0.357. The van der Waals surface area contributed by atoms with Gasteiger partial charge in [0.05, 0.1) is 6.54 Å². The zero-order chi connectivity index (χ0) is 14.5. The first-order valence-corrected chi connectivity index (χ1v) is 8.07. The van der Waals surface area contributed by atoms with E-state index in [2.05, 4.69) is 71.8 Å². The fourth-order valence-corrected chi connectivity index (χ4v) is 3.24. The van der Waals surface area contributed by atoms with Crippen LogP contribution in [0.2, 0.25) is 0 Å². The molecule has 108 valence electrons. The molecule has 0 spiro atoms. The second kappa shape index (κ2) is 6.95. The van der Waals surface area contributed by atoms with Crippen molar-refractivity contribution in [2.45, 2.75) is 13.1 Å². The summed E-state index contributed by atoms with van der Waals surface area (Å²) in [5, 5.41) is 7.62. The predicted molar refractivity (Wildman–Crippen MR) is 89.1 cm³/mol. The maximum atomic E-state index is 4.33. The predicted octanol–water partition coefficient (Wildman–Crippen LogP) is 3.06. The van der Waals surface area contributed by atoms with E-state index in [1.54, 1.807) is 11.3 Å². The number of aromatic nitrogens is 1. The minimum absolute atomic E-state index is 0.803. The molecule has 20 heavy (non-hydrogen) atoms. The number of halogens is 1. The average molecular weight is 355 g/mol. The van der Waals surface area contributed by atoms with Crippen LogP contribution in [-0.2, 0) is 20.1 Å². The van der Waals surface area contributed by atoms with Crippen molar-refractivity contribution >= 4 is 33.2 Å². The molecule has 2 aromatic heterocycles. The van der Waals surface area contributed by atoms with Crippen LogP contribution in [0, 0.1) is 0 Å². The molecule has 0 aromatic carbocycles. The third-order valence-electron chi connectivity index (χ3n) is 3.08. The van der Waals surface area contributed by atoms with Crippen molar-refractivity contribution in [1.82, 2.24) is 14.8 Å². The molecular weight excluding hydrogens is 336 g/mol. The minimum Gasteiger partial charge on any atom is -0.352 e. The maximum absolute atomic E-state index is 4.33. The number of nitrogens with one attached hydrogen (secondary N) is 1. The van der Waals surface area contributed by atoms with Crippen molar-refractivity contribution in [2.24, 2.45) is 12.0 Å². The molecule has 2 rings (SSSR count). The van der Waals surface area contributed by atoms with E-state index in [0.717, 1.165) is 23.5 Å². The first kappa shape index (κ1) is 15.1. The van der Waals surface area contributed by atoms with E-state index < -0.39 is 0 Å². The monoisotopic (exact) mass is 354 g/mol. The van der Waals surface area contributed by atoms with Crippen LogP contribution in [0.4, 0.5) is 0 Å². The molecule has 0 saturated carbocycles. The van der Waals surface area contributed by atoms with Gasteiger partial charge in [0.1, 0.15) is 0 Å². The average Bonchev–Trinajstić information content (AvgIpc) is 3.01. The fourth-order valence-electron chi connectivity index (χ4n) is 2.00. The molecule has 0 fully saturated rings. The summed E-state index contributed by atoms with van der Waals surface area (Å²) in [5.74, 6) is 0.897. The zero-order valence-electron chi connectivity index (χ0n) is 11.9. The normalized spacial score (nSPS) is 11.7. The Morgan fingerprint density at radius 1 is 1.55 bits per heavy atom. The number of rotatable bonds is 4. The van der Waals surface area contributed by atoms with Crippen LogP contribution >= 0.6 is 27.3 Å². The van der Waals surface area contributed by atoms with Gasteiger partial charge in [0.2, 0.25) is 0 Å². The number of hydrogen-bond donors (Lipinski definition) is 1. The Bertz CT molecular complexity index is 574. The maximum Gasteiger partial charge on any atom is 0.194 e. The van der Waals surface area contributed by atoms with Gasteiger partial charge in [-0.2, -0.15) is 11.3 Å². The summed E-state index contributed by atoms with van der Waals surface area (Å²) in [4.78, 5) is 6.45. The molecule has 0 amide bonds. The van der Waals surface area contributed by atoms with Gasteiger partial charge in [-0.05, 0) is 44.4 Å². The smallest absolute Gasteiger partial charge is 0.194 e. The van der Waals surface area contributed by atoms with Crippen LogP contribution < -0.4 is 5.32 Å². The molecule has 0 saturated heterocycles. The summed E-state index contributed by atoms with van der Waals surface area (Å²) in [7, 11) is 5.91. The highest BCUT2D eigenvalue weighted by Crippen LogP contribution is 2.15. The lowest BCUT2D eigenvalue weighted by molar-refractivity contribution is 0.462. The number of aliphatic imine (C=N–C) groups is 1. The van der Waals surface area contributed by atoms with Gasteiger partial charge in [0, 0.05) is 44.1 Å². The Morgan fingerprint density at radius 2 is 2.35 bits per heavy atom. The molecule has 0 aliphatic carbocycles. The van der Waals surface area contributed by atoms with Crippen molar-refractivity contribution in [2.75, 3.05) is 14.1 Å². The summed E-state index contributed by atoms with van der Waals surface area (Å²) in [5.41, 5.74) is 2.52. The van der Waals surface area contributed by atoms with Crippen LogP contribution in [0.25, 0.3) is 0 Å². The van der Waals surface area contributed by atoms with Crippen molar-refractivity contribution in [3.63, 3.8) is 0 Å². The molecule has 0 bridgehead atoms. The number of hydrogen-bond acceptors (Lipinski definition) is 2. The molecule has 0 radical (unpaired) electrons. The Labute approximate surface area is 132 Å². The van der Waals surface area contributed by atoms with E-state index in [0.29, 0.717) is 0 Å². The number of nitrogens with zero attached hydrogens (tertiary/aromatic N) is 3. The highest BCUT2D eigenvalue weighted by molar-refractivity contribution is 9.10. The van der Waals surface area contributed by atoms with Crippen LogP contribution in [-0.4, -0.2) is 29.5 Å². The summed E-state index contributed by atoms with van der Waals surface area (Å²) in [6.45, 7) is 1.61. The SMILES string of the molecule is CN=C(NCc1ccsc1)N(C)Cc1cc(Br)cn1C. The summed E-state index contributed by atoms with van der Waals surface area (Å²) in [6.07, 6.45) is 2.06. The Morgan fingerprint density at radius 3 is 2.90 bits per heavy atom. The largest absolute Gasteiger partial charge is 0.352 e.